The highest BCUT2D eigenvalue weighted by molar-refractivity contribution is 5.49. The van der Waals surface area contributed by atoms with Gasteiger partial charge in [-0.25, -0.2) is 4.39 Å². The summed E-state index contributed by atoms with van der Waals surface area (Å²) in [5.74, 6) is -0.831. The first kappa shape index (κ1) is 12.2. The molecule has 2 rings (SSSR count). The second-order valence-electron chi connectivity index (χ2n) is 4.69. The summed E-state index contributed by atoms with van der Waals surface area (Å²) in [6.07, 6.45) is 4.87. The van der Waals surface area contributed by atoms with Crippen molar-refractivity contribution in [2.24, 2.45) is 5.73 Å². The summed E-state index contributed by atoms with van der Waals surface area (Å²) >= 11 is 0. The molecule has 1 saturated carbocycles. The summed E-state index contributed by atoms with van der Waals surface area (Å²) in [4.78, 5) is 0. The molecule has 0 spiro atoms. The molecule has 0 atom stereocenters. The quantitative estimate of drug-likeness (QED) is 0.834. The minimum Gasteiger partial charge on any atom is -0.504 e. The number of benzene rings is 1. The third-order valence-electron chi connectivity index (χ3n) is 3.57. The van der Waals surface area contributed by atoms with Crippen molar-refractivity contribution in [2.45, 2.75) is 37.6 Å². The molecule has 17 heavy (non-hydrogen) atoms. The average Bonchev–Trinajstić information content (AvgIpc) is 2.30. The number of hydrogen-bond donors (Lipinski definition) is 2. The van der Waals surface area contributed by atoms with E-state index in [4.69, 9.17) is 10.5 Å². The van der Waals surface area contributed by atoms with Crippen LogP contribution >= 0.6 is 0 Å². The smallest absolute Gasteiger partial charge is 0.196 e. The van der Waals surface area contributed by atoms with Gasteiger partial charge in [0.15, 0.2) is 17.3 Å². The molecule has 0 aromatic heterocycles. The van der Waals surface area contributed by atoms with E-state index < -0.39 is 11.4 Å². The van der Waals surface area contributed by atoms with E-state index in [9.17, 15) is 9.50 Å². The molecule has 0 aliphatic heterocycles. The number of phenols is 1. The van der Waals surface area contributed by atoms with Gasteiger partial charge in [-0.1, -0.05) is 25.3 Å². The first-order valence-electron chi connectivity index (χ1n) is 5.93. The van der Waals surface area contributed by atoms with Crippen LogP contribution in [0.4, 0.5) is 4.39 Å². The van der Waals surface area contributed by atoms with Gasteiger partial charge in [-0.3, -0.25) is 0 Å². The summed E-state index contributed by atoms with van der Waals surface area (Å²) in [7, 11) is 1.34. The minimum atomic E-state index is -0.562. The van der Waals surface area contributed by atoms with Gasteiger partial charge in [0.25, 0.3) is 0 Å². The molecule has 0 unspecified atom stereocenters. The molecule has 1 fully saturated rings. The molecule has 1 aliphatic rings. The van der Waals surface area contributed by atoms with Crippen molar-refractivity contribution in [1.29, 1.82) is 0 Å². The topological polar surface area (TPSA) is 55.5 Å². The maximum Gasteiger partial charge on any atom is 0.196 e. The van der Waals surface area contributed by atoms with Crippen molar-refractivity contribution in [3.63, 3.8) is 0 Å². The van der Waals surface area contributed by atoms with Crippen LogP contribution in [-0.2, 0) is 5.54 Å². The van der Waals surface area contributed by atoms with Crippen molar-refractivity contribution in [1.82, 2.24) is 0 Å². The standard InChI is InChI=1S/C13H18FNO2/c1-17-12-10(14)6-5-9(11(12)16)13(15)7-3-2-4-8-13/h5-6,16H,2-4,7-8,15H2,1H3. The summed E-state index contributed by atoms with van der Waals surface area (Å²) < 4.78 is 18.3. The third-order valence-corrected chi connectivity index (χ3v) is 3.57. The van der Waals surface area contributed by atoms with Crippen molar-refractivity contribution in [2.75, 3.05) is 7.11 Å². The Morgan fingerprint density at radius 1 is 1.29 bits per heavy atom. The monoisotopic (exact) mass is 239 g/mol. The number of phenolic OH excluding ortho intramolecular Hbond substituents is 1. The predicted octanol–water partition coefficient (Wildman–Crippen LogP) is 2.66. The second-order valence-corrected chi connectivity index (χ2v) is 4.69. The largest absolute Gasteiger partial charge is 0.504 e. The number of halogens is 1. The van der Waals surface area contributed by atoms with Gasteiger partial charge in [-0.05, 0) is 18.9 Å². The van der Waals surface area contributed by atoms with Gasteiger partial charge in [-0.15, -0.1) is 0 Å². The van der Waals surface area contributed by atoms with E-state index in [-0.39, 0.29) is 11.5 Å². The molecule has 0 radical (unpaired) electrons. The van der Waals surface area contributed by atoms with Crippen LogP contribution in [-0.4, -0.2) is 12.2 Å². The van der Waals surface area contributed by atoms with Gasteiger partial charge in [-0.2, -0.15) is 0 Å². The zero-order chi connectivity index (χ0) is 12.5. The molecule has 0 amide bonds. The molecule has 4 heteroatoms. The van der Waals surface area contributed by atoms with Crippen LogP contribution in [0.25, 0.3) is 0 Å². The van der Waals surface area contributed by atoms with Crippen molar-refractivity contribution in [3.8, 4) is 11.5 Å². The highest BCUT2D eigenvalue weighted by Crippen LogP contribution is 2.43. The molecular weight excluding hydrogens is 221 g/mol. The van der Waals surface area contributed by atoms with E-state index in [0.29, 0.717) is 5.56 Å². The number of rotatable bonds is 2. The van der Waals surface area contributed by atoms with Crippen LogP contribution in [0, 0.1) is 5.82 Å². The molecule has 3 N–H and O–H groups in total. The van der Waals surface area contributed by atoms with Crippen LogP contribution < -0.4 is 10.5 Å². The van der Waals surface area contributed by atoms with Gasteiger partial charge in [0, 0.05) is 11.1 Å². The number of hydrogen-bond acceptors (Lipinski definition) is 3. The van der Waals surface area contributed by atoms with Crippen molar-refractivity contribution >= 4 is 0 Å². The lowest BCUT2D eigenvalue weighted by Crippen LogP contribution is -2.38. The Morgan fingerprint density at radius 3 is 2.53 bits per heavy atom. The van der Waals surface area contributed by atoms with E-state index >= 15 is 0 Å². The van der Waals surface area contributed by atoms with E-state index in [2.05, 4.69) is 0 Å². The first-order chi connectivity index (χ1) is 8.08. The molecule has 94 valence electrons. The van der Waals surface area contributed by atoms with Gasteiger partial charge in [0.05, 0.1) is 7.11 Å². The number of methoxy groups -OCH3 is 1. The van der Waals surface area contributed by atoms with Gasteiger partial charge >= 0.3 is 0 Å². The molecule has 3 nitrogen and oxygen atoms in total. The molecule has 0 bridgehead atoms. The van der Waals surface area contributed by atoms with Gasteiger partial charge < -0.3 is 15.6 Å². The van der Waals surface area contributed by atoms with E-state index in [1.54, 1.807) is 6.07 Å². The van der Waals surface area contributed by atoms with E-state index in [1.807, 2.05) is 0 Å². The van der Waals surface area contributed by atoms with Crippen LogP contribution in [0.1, 0.15) is 37.7 Å². The zero-order valence-corrected chi connectivity index (χ0v) is 10.0. The van der Waals surface area contributed by atoms with E-state index in [0.717, 1.165) is 32.1 Å². The third kappa shape index (κ3) is 2.09. The Kier molecular flexibility index (Phi) is 3.24. The number of nitrogens with two attached hydrogens (primary N) is 1. The fraction of sp³-hybridized carbons (Fsp3) is 0.538. The maximum atomic E-state index is 13.4. The van der Waals surface area contributed by atoms with Gasteiger partial charge in [0.2, 0.25) is 0 Å². The molecule has 1 aromatic carbocycles. The average molecular weight is 239 g/mol. The Hall–Kier alpha value is -1.29. The van der Waals surface area contributed by atoms with E-state index in [1.165, 1.54) is 13.2 Å². The predicted molar refractivity (Wildman–Crippen MR) is 63.6 cm³/mol. The summed E-state index contributed by atoms with van der Waals surface area (Å²) in [5, 5.41) is 10.0. The second kappa shape index (κ2) is 4.53. The number of ether oxygens (including phenoxy) is 1. The first-order valence-corrected chi connectivity index (χ1v) is 5.93. The van der Waals surface area contributed by atoms with Crippen LogP contribution in [0.15, 0.2) is 12.1 Å². The lowest BCUT2D eigenvalue weighted by Gasteiger charge is -2.34. The Balaban J connectivity index is 2.44. The summed E-state index contributed by atoms with van der Waals surface area (Å²) in [6.45, 7) is 0. The normalized spacial score (nSPS) is 19.0. The molecular formula is C13H18FNO2. The summed E-state index contributed by atoms with van der Waals surface area (Å²) in [6, 6.07) is 2.87. The summed E-state index contributed by atoms with van der Waals surface area (Å²) in [5.41, 5.74) is 6.36. The minimum absolute atomic E-state index is 0.113. The Morgan fingerprint density at radius 2 is 1.94 bits per heavy atom. The van der Waals surface area contributed by atoms with Crippen molar-refractivity contribution in [3.05, 3.63) is 23.5 Å². The number of aromatic hydroxyl groups is 1. The molecule has 1 aromatic rings. The Labute approximate surface area is 100 Å². The lowest BCUT2D eigenvalue weighted by molar-refractivity contribution is 0.283. The SMILES string of the molecule is COc1c(F)ccc(C2(N)CCCCC2)c1O. The highest BCUT2D eigenvalue weighted by Gasteiger charge is 2.33. The fourth-order valence-electron chi connectivity index (χ4n) is 2.59. The lowest BCUT2D eigenvalue weighted by atomic mass is 9.77. The fourth-order valence-corrected chi connectivity index (χ4v) is 2.59. The van der Waals surface area contributed by atoms with Crippen molar-refractivity contribution < 1.29 is 14.2 Å². The van der Waals surface area contributed by atoms with Crippen LogP contribution in [0.2, 0.25) is 0 Å². The highest BCUT2D eigenvalue weighted by atomic mass is 19.1. The zero-order valence-electron chi connectivity index (χ0n) is 10.0. The maximum absolute atomic E-state index is 13.4. The molecule has 1 aliphatic carbocycles. The molecule has 0 heterocycles. The van der Waals surface area contributed by atoms with Crippen LogP contribution in [0.5, 0.6) is 11.5 Å². The molecule has 0 saturated heterocycles. The van der Waals surface area contributed by atoms with Gasteiger partial charge in [0.1, 0.15) is 0 Å². The Bertz CT molecular complexity index is 414. The van der Waals surface area contributed by atoms with Crippen LogP contribution in [0.3, 0.4) is 0 Å².